The summed E-state index contributed by atoms with van der Waals surface area (Å²) in [5.74, 6) is 0.652. The van der Waals surface area contributed by atoms with Gasteiger partial charge in [-0.25, -0.2) is 0 Å². The second kappa shape index (κ2) is 6.69. The molecule has 0 spiro atoms. The van der Waals surface area contributed by atoms with E-state index in [-0.39, 0.29) is 0 Å². The van der Waals surface area contributed by atoms with Gasteiger partial charge in [-0.05, 0) is 83.5 Å². The molecule has 0 bridgehead atoms. The van der Waals surface area contributed by atoms with Gasteiger partial charge in [0.1, 0.15) is 0 Å². The second-order valence-corrected chi connectivity index (χ2v) is 8.98. The number of thiophene rings is 1. The zero-order chi connectivity index (χ0) is 14.8. The van der Waals surface area contributed by atoms with Crippen LogP contribution in [0.5, 0.6) is 0 Å². The Morgan fingerprint density at radius 1 is 1.33 bits per heavy atom. The van der Waals surface area contributed by atoms with Crippen LogP contribution in [0.3, 0.4) is 0 Å². The zero-order valence-electron chi connectivity index (χ0n) is 12.7. The SMILES string of the molecule is CCC(C)c1ccc(NC2CCCc3sc(I)cc32)cc1. The summed E-state index contributed by atoms with van der Waals surface area (Å²) in [6.07, 6.45) is 5.00. The van der Waals surface area contributed by atoms with Crippen LogP contribution in [0.1, 0.15) is 61.1 Å². The van der Waals surface area contributed by atoms with Crippen molar-refractivity contribution in [2.45, 2.75) is 51.5 Å². The molecule has 0 fully saturated rings. The van der Waals surface area contributed by atoms with Crippen LogP contribution in [0.15, 0.2) is 30.3 Å². The number of aryl methyl sites for hydroxylation is 1. The lowest BCUT2D eigenvalue weighted by Crippen LogP contribution is -2.15. The molecule has 0 amide bonds. The number of hydrogen-bond acceptors (Lipinski definition) is 2. The second-order valence-electron chi connectivity index (χ2n) is 5.95. The maximum atomic E-state index is 3.74. The first-order valence-electron chi connectivity index (χ1n) is 7.82. The highest BCUT2D eigenvalue weighted by Gasteiger charge is 2.22. The number of hydrogen-bond donors (Lipinski definition) is 1. The molecule has 0 saturated heterocycles. The smallest absolute Gasteiger partial charge is 0.0660 e. The largest absolute Gasteiger partial charge is 0.378 e. The average Bonchev–Trinajstić information content (AvgIpc) is 2.88. The summed E-state index contributed by atoms with van der Waals surface area (Å²) in [5.41, 5.74) is 4.22. The summed E-state index contributed by atoms with van der Waals surface area (Å²) in [7, 11) is 0. The molecule has 1 heterocycles. The molecule has 2 aromatic rings. The fourth-order valence-electron chi connectivity index (χ4n) is 3.02. The van der Waals surface area contributed by atoms with E-state index >= 15 is 0 Å². The first-order chi connectivity index (χ1) is 10.2. The van der Waals surface area contributed by atoms with Crippen molar-refractivity contribution in [1.82, 2.24) is 0 Å². The molecule has 0 saturated carbocycles. The topological polar surface area (TPSA) is 12.0 Å². The summed E-state index contributed by atoms with van der Waals surface area (Å²) in [4.78, 5) is 1.58. The first kappa shape index (κ1) is 15.3. The van der Waals surface area contributed by atoms with E-state index in [1.165, 1.54) is 45.4 Å². The summed E-state index contributed by atoms with van der Waals surface area (Å²) < 4.78 is 1.42. The maximum absolute atomic E-state index is 3.74. The van der Waals surface area contributed by atoms with Gasteiger partial charge in [0.25, 0.3) is 0 Å². The van der Waals surface area contributed by atoms with Crippen molar-refractivity contribution in [2.75, 3.05) is 5.32 Å². The Hall–Kier alpha value is -0.550. The fourth-order valence-corrected chi connectivity index (χ4v) is 5.14. The summed E-state index contributed by atoms with van der Waals surface area (Å²) >= 11 is 4.41. The van der Waals surface area contributed by atoms with E-state index in [4.69, 9.17) is 0 Å². The average molecular weight is 411 g/mol. The van der Waals surface area contributed by atoms with Crippen LogP contribution in [0.2, 0.25) is 0 Å². The molecule has 1 N–H and O–H groups in total. The number of halogens is 1. The van der Waals surface area contributed by atoms with Crippen LogP contribution in [0, 0.1) is 2.88 Å². The van der Waals surface area contributed by atoms with Gasteiger partial charge in [-0.1, -0.05) is 26.0 Å². The number of nitrogens with one attached hydrogen (secondary N) is 1. The number of anilines is 1. The standard InChI is InChI=1S/C18H22INS/c1-3-12(2)13-7-9-14(10-8-13)20-16-5-4-6-17-15(16)11-18(19)21-17/h7-12,16,20H,3-6H2,1-2H3. The zero-order valence-corrected chi connectivity index (χ0v) is 15.6. The maximum Gasteiger partial charge on any atom is 0.0660 e. The van der Waals surface area contributed by atoms with Crippen molar-refractivity contribution in [1.29, 1.82) is 0 Å². The lowest BCUT2D eigenvalue weighted by atomic mass is 9.93. The third kappa shape index (κ3) is 3.45. The van der Waals surface area contributed by atoms with E-state index in [0.29, 0.717) is 12.0 Å². The van der Waals surface area contributed by atoms with Gasteiger partial charge in [0, 0.05) is 10.6 Å². The third-order valence-electron chi connectivity index (χ3n) is 4.52. The molecule has 21 heavy (non-hydrogen) atoms. The van der Waals surface area contributed by atoms with E-state index in [1.54, 1.807) is 4.88 Å². The fraction of sp³-hybridized carbons (Fsp3) is 0.444. The molecule has 1 aromatic carbocycles. The van der Waals surface area contributed by atoms with Gasteiger partial charge < -0.3 is 5.32 Å². The first-order valence-corrected chi connectivity index (χ1v) is 9.71. The van der Waals surface area contributed by atoms with Crippen LogP contribution in [0.4, 0.5) is 5.69 Å². The molecular weight excluding hydrogens is 389 g/mol. The van der Waals surface area contributed by atoms with E-state index in [1.807, 2.05) is 11.3 Å². The highest BCUT2D eigenvalue weighted by Crippen LogP contribution is 2.38. The molecular formula is C18H22INS. The van der Waals surface area contributed by atoms with Crippen LogP contribution in [0.25, 0.3) is 0 Å². The van der Waals surface area contributed by atoms with Crippen molar-refractivity contribution in [3.05, 3.63) is 49.2 Å². The van der Waals surface area contributed by atoms with Gasteiger partial charge in [-0.2, -0.15) is 0 Å². The van der Waals surface area contributed by atoms with E-state index in [2.05, 4.69) is 72.1 Å². The molecule has 1 nitrogen and oxygen atoms in total. The molecule has 112 valence electrons. The molecule has 0 radical (unpaired) electrons. The van der Waals surface area contributed by atoms with Crippen molar-refractivity contribution < 1.29 is 0 Å². The Morgan fingerprint density at radius 3 is 2.81 bits per heavy atom. The minimum atomic E-state index is 0.489. The normalized spacial score (nSPS) is 19.1. The highest BCUT2D eigenvalue weighted by atomic mass is 127. The third-order valence-corrected chi connectivity index (χ3v) is 6.49. The molecule has 2 unspecified atom stereocenters. The Balaban J connectivity index is 1.75. The predicted molar refractivity (Wildman–Crippen MR) is 101 cm³/mol. The lowest BCUT2D eigenvalue weighted by Gasteiger charge is -2.25. The van der Waals surface area contributed by atoms with Gasteiger partial charge >= 0.3 is 0 Å². The Morgan fingerprint density at radius 2 is 2.10 bits per heavy atom. The highest BCUT2D eigenvalue weighted by molar-refractivity contribution is 14.1. The molecule has 3 rings (SSSR count). The predicted octanol–water partition coefficient (Wildman–Crippen LogP) is 6.36. The van der Waals surface area contributed by atoms with Gasteiger partial charge in [-0.15, -0.1) is 11.3 Å². The Bertz CT molecular complexity index is 602. The molecule has 3 heteroatoms. The summed E-state index contributed by atoms with van der Waals surface area (Å²) in [6.45, 7) is 4.54. The Kier molecular flexibility index (Phi) is 4.89. The van der Waals surface area contributed by atoms with Crippen LogP contribution in [-0.4, -0.2) is 0 Å². The van der Waals surface area contributed by atoms with Gasteiger partial charge in [0.2, 0.25) is 0 Å². The molecule has 2 atom stereocenters. The number of benzene rings is 1. The van der Waals surface area contributed by atoms with E-state index in [0.717, 1.165) is 0 Å². The summed E-state index contributed by atoms with van der Waals surface area (Å²) in [5, 5.41) is 3.74. The van der Waals surface area contributed by atoms with E-state index in [9.17, 15) is 0 Å². The van der Waals surface area contributed by atoms with Gasteiger partial charge in [0.15, 0.2) is 0 Å². The van der Waals surface area contributed by atoms with Crippen LogP contribution >= 0.6 is 33.9 Å². The number of rotatable bonds is 4. The van der Waals surface area contributed by atoms with Crippen molar-refractivity contribution in [3.8, 4) is 0 Å². The van der Waals surface area contributed by atoms with Crippen LogP contribution in [-0.2, 0) is 6.42 Å². The monoisotopic (exact) mass is 411 g/mol. The number of fused-ring (bicyclic) bond motifs is 1. The molecule has 0 aliphatic heterocycles. The van der Waals surface area contributed by atoms with Gasteiger partial charge in [-0.3, -0.25) is 0 Å². The van der Waals surface area contributed by atoms with Crippen molar-refractivity contribution in [3.63, 3.8) is 0 Å². The molecule has 1 aliphatic carbocycles. The van der Waals surface area contributed by atoms with Gasteiger partial charge in [0.05, 0.1) is 8.93 Å². The Labute approximate surface area is 145 Å². The van der Waals surface area contributed by atoms with E-state index < -0.39 is 0 Å². The van der Waals surface area contributed by atoms with Crippen molar-refractivity contribution in [2.24, 2.45) is 0 Å². The minimum absolute atomic E-state index is 0.489. The van der Waals surface area contributed by atoms with Crippen LogP contribution < -0.4 is 5.32 Å². The summed E-state index contributed by atoms with van der Waals surface area (Å²) in [6, 6.07) is 11.9. The lowest BCUT2D eigenvalue weighted by molar-refractivity contribution is 0.608. The molecule has 1 aliphatic rings. The quantitative estimate of drug-likeness (QED) is 0.578. The molecule has 1 aromatic heterocycles. The van der Waals surface area contributed by atoms with Crippen molar-refractivity contribution >= 4 is 39.6 Å². The minimum Gasteiger partial charge on any atom is -0.378 e.